The van der Waals surface area contributed by atoms with Crippen LogP contribution >= 0.6 is 43.6 Å². The number of halogens is 2. The molecule has 2 atom stereocenters. The number of aliphatic hydroxyl groups excluding tert-OH is 1. The van der Waals surface area contributed by atoms with E-state index in [2.05, 4.69) is 36.6 Å². The molecule has 0 aliphatic carbocycles. The molecule has 0 aliphatic rings. The van der Waals surface area contributed by atoms with Crippen molar-refractivity contribution in [2.45, 2.75) is 30.0 Å². The predicted octanol–water partition coefficient (Wildman–Crippen LogP) is 2.91. The van der Waals surface area contributed by atoms with Gasteiger partial charge in [0.2, 0.25) is 10.0 Å². The average Bonchev–Trinajstić information content (AvgIpc) is 2.34. The van der Waals surface area contributed by atoms with E-state index in [-0.39, 0.29) is 22.8 Å². The number of aliphatic hydroxyl groups is 1. The second-order valence-electron chi connectivity index (χ2n) is 4.40. The third kappa shape index (κ3) is 4.45. The number of benzene rings is 1. The summed E-state index contributed by atoms with van der Waals surface area (Å²) in [5.74, 6) is 0. The van der Waals surface area contributed by atoms with Gasteiger partial charge in [-0.05, 0) is 53.7 Å². The molecule has 0 saturated heterocycles. The van der Waals surface area contributed by atoms with E-state index < -0.39 is 10.0 Å². The molecule has 114 valence electrons. The van der Waals surface area contributed by atoms with Gasteiger partial charge in [0.1, 0.15) is 0 Å². The molecule has 0 aromatic heterocycles. The van der Waals surface area contributed by atoms with Gasteiger partial charge in [-0.25, -0.2) is 13.1 Å². The summed E-state index contributed by atoms with van der Waals surface area (Å²) in [4.78, 5) is 0.180. The largest absolute Gasteiger partial charge is 0.395 e. The van der Waals surface area contributed by atoms with Gasteiger partial charge in [0.05, 0.1) is 11.5 Å². The van der Waals surface area contributed by atoms with Crippen molar-refractivity contribution in [2.24, 2.45) is 0 Å². The molecule has 0 radical (unpaired) electrons. The Labute approximate surface area is 141 Å². The van der Waals surface area contributed by atoms with E-state index in [1.54, 1.807) is 19.1 Å². The van der Waals surface area contributed by atoms with Gasteiger partial charge in [0, 0.05) is 20.2 Å². The van der Waals surface area contributed by atoms with E-state index in [1.165, 1.54) is 11.8 Å². The molecule has 0 heterocycles. The van der Waals surface area contributed by atoms with Crippen LogP contribution in [0.25, 0.3) is 0 Å². The summed E-state index contributed by atoms with van der Waals surface area (Å²) < 4.78 is 28.7. The van der Waals surface area contributed by atoms with E-state index in [0.29, 0.717) is 4.47 Å². The number of aryl methyl sites for hydroxylation is 1. The number of thioether (sulfide) groups is 1. The average molecular weight is 447 g/mol. The Morgan fingerprint density at radius 3 is 2.45 bits per heavy atom. The van der Waals surface area contributed by atoms with Gasteiger partial charge in [0.25, 0.3) is 0 Å². The minimum atomic E-state index is -3.65. The molecule has 2 N–H and O–H groups in total. The third-order valence-corrected chi connectivity index (χ3v) is 7.42. The monoisotopic (exact) mass is 445 g/mol. The van der Waals surface area contributed by atoms with Crippen molar-refractivity contribution < 1.29 is 13.5 Å². The standard InChI is InChI=1S/C12H17Br2NO3S2/c1-7-4-10(14)12(5-9(7)13)20(17,18)15-8(2)11(6-16)19-3/h4-5,8,11,15-16H,6H2,1-3H3. The lowest BCUT2D eigenvalue weighted by atomic mass is 10.2. The lowest BCUT2D eigenvalue weighted by Gasteiger charge is -2.21. The molecule has 0 bridgehead atoms. The molecular formula is C12H17Br2NO3S2. The molecule has 1 aromatic rings. The zero-order valence-corrected chi connectivity index (χ0v) is 16.2. The number of sulfonamides is 1. The molecule has 8 heteroatoms. The highest BCUT2D eigenvalue weighted by molar-refractivity contribution is 9.11. The van der Waals surface area contributed by atoms with Crippen LogP contribution < -0.4 is 4.72 Å². The topological polar surface area (TPSA) is 66.4 Å². The first-order valence-electron chi connectivity index (χ1n) is 5.84. The molecule has 0 spiro atoms. The van der Waals surface area contributed by atoms with Crippen LogP contribution in [0.4, 0.5) is 0 Å². The molecule has 0 saturated carbocycles. The second kappa shape index (κ2) is 7.60. The fourth-order valence-electron chi connectivity index (χ4n) is 1.65. The third-order valence-electron chi connectivity index (χ3n) is 2.88. The number of nitrogens with one attached hydrogen (secondary N) is 1. The molecule has 0 aliphatic heterocycles. The Balaban J connectivity index is 3.09. The minimum Gasteiger partial charge on any atom is -0.395 e. The van der Waals surface area contributed by atoms with E-state index in [1.807, 2.05) is 13.2 Å². The highest BCUT2D eigenvalue weighted by Crippen LogP contribution is 2.29. The molecule has 1 rings (SSSR count). The normalized spacial score (nSPS) is 15.1. The molecule has 1 aromatic carbocycles. The fraction of sp³-hybridized carbons (Fsp3) is 0.500. The summed E-state index contributed by atoms with van der Waals surface area (Å²) in [5.41, 5.74) is 0.946. The van der Waals surface area contributed by atoms with Crippen molar-refractivity contribution in [3.05, 3.63) is 26.6 Å². The highest BCUT2D eigenvalue weighted by Gasteiger charge is 2.25. The Morgan fingerprint density at radius 1 is 1.35 bits per heavy atom. The van der Waals surface area contributed by atoms with Crippen LogP contribution in [0.5, 0.6) is 0 Å². The summed E-state index contributed by atoms with van der Waals surface area (Å²) in [6, 6.07) is 2.95. The van der Waals surface area contributed by atoms with Crippen molar-refractivity contribution in [3.63, 3.8) is 0 Å². The fourth-order valence-corrected chi connectivity index (χ4v) is 5.33. The van der Waals surface area contributed by atoms with Crippen LogP contribution in [0, 0.1) is 6.92 Å². The number of hydrogen-bond donors (Lipinski definition) is 2. The van der Waals surface area contributed by atoms with Crippen LogP contribution in [0.3, 0.4) is 0 Å². The van der Waals surface area contributed by atoms with Gasteiger partial charge >= 0.3 is 0 Å². The molecular weight excluding hydrogens is 430 g/mol. The number of hydrogen-bond acceptors (Lipinski definition) is 4. The van der Waals surface area contributed by atoms with E-state index in [9.17, 15) is 13.5 Å². The quantitative estimate of drug-likeness (QED) is 0.704. The van der Waals surface area contributed by atoms with Crippen LogP contribution in [0.15, 0.2) is 26.0 Å². The molecule has 0 amide bonds. The first-order chi connectivity index (χ1) is 9.22. The summed E-state index contributed by atoms with van der Waals surface area (Å²) >= 11 is 8.05. The Kier molecular flexibility index (Phi) is 7.01. The van der Waals surface area contributed by atoms with E-state index >= 15 is 0 Å². The lowest BCUT2D eigenvalue weighted by molar-refractivity contribution is 0.282. The maximum absolute atomic E-state index is 12.4. The molecule has 2 unspecified atom stereocenters. The Morgan fingerprint density at radius 2 is 1.95 bits per heavy atom. The zero-order valence-electron chi connectivity index (χ0n) is 11.4. The van der Waals surface area contributed by atoms with Crippen molar-refractivity contribution >= 4 is 53.6 Å². The summed E-state index contributed by atoms with van der Waals surface area (Å²) in [7, 11) is -3.65. The maximum atomic E-state index is 12.4. The van der Waals surface area contributed by atoms with E-state index in [0.717, 1.165) is 10.0 Å². The van der Waals surface area contributed by atoms with Crippen molar-refractivity contribution in [3.8, 4) is 0 Å². The maximum Gasteiger partial charge on any atom is 0.242 e. The summed E-state index contributed by atoms with van der Waals surface area (Å²) in [5, 5.41) is 9.04. The minimum absolute atomic E-state index is 0.0797. The van der Waals surface area contributed by atoms with Gasteiger partial charge in [-0.2, -0.15) is 11.8 Å². The molecule has 4 nitrogen and oxygen atoms in total. The first-order valence-corrected chi connectivity index (χ1v) is 10.2. The van der Waals surface area contributed by atoms with Gasteiger partial charge in [-0.3, -0.25) is 0 Å². The van der Waals surface area contributed by atoms with E-state index in [4.69, 9.17) is 0 Å². The number of rotatable bonds is 6. The van der Waals surface area contributed by atoms with Gasteiger partial charge < -0.3 is 5.11 Å². The summed E-state index contributed by atoms with van der Waals surface area (Å²) in [6.07, 6.45) is 1.84. The van der Waals surface area contributed by atoms with Crippen LogP contribution in [-0.2, 0) is 10.0 Å². The highest BCUT2D eigenvalue weighted by atomic mass is 79.9. The van der Waals surface area contributed by atoms with Gasteiger partial charge in [-0.1, -0.05) is 15.9 Å². The summed E-state index contributed by atoms with van der Waals surface area (Å²) in [6.45, 7) is 3.55. The zero-order chi connectivity index (χ0) is 15.5. The molecule has 20 heavy (non-hydrogen) atoms. The van der Waals surface area contributed by atoms with Crippen molar-refractivity contribution in [1.82, 2.24) is 4.72 Å². The van der Waals surface area contributed by atoms with Crippen LogP contribution in [-0.4, -0.2) is 37.7 Å². The SMILES string of the molecule is CSC(CO)C(C)NS(=O)(=O)c1cc(Br)c(C)cc1Br. The predicted molar refractivity (Wildman–Crippen MR) is 90.8 cm³/mol. The van der Waals surface area contributed by atoms with Gasteiger partial charge in [-0.15, -0.1) is 0 Å². The van der Waals surface area contributed by atoms with Crippen LogP contribution in [0.1, 0.15) is 12.5 Å². The molecule has 0 fully saturated rings. The van der Waals surface area contributed by atoms with Gasteiger partial charge in [0.15, 0.2) is 0 Å². The van der Waals surface area contributed by atoms with Crippen molar-refractivity contribution in [1.29, 1.82) is 0 Å². The van der Waals surface area contributed by atoms with Crippen LogP contribution in [0.2, 0.25) is 0 Å². The van der Waals surface area contributed by atoms with Crippen molar-refractivity contribution in [2.75, 3.05) is 12.9 Å². The lowest BCUT2D eigenvalue weighted by Crippen LogP contribution is -2.41. The Bertz CT molecular complexity index is 574. The second-order valence-corrected chi connectivity index (χ2v) is 8.87. The Hall–Kier alpha value is 0.400. The smallest absolute Gasteiger partial charge is 0.242 e. The first kappa shape index (κ1) is 18.4.